The zero-order valence-electron chi connectivity index (χ0n) is 10.2. The number of hydrogen-bond donors (Lipinski definition) is 2. The molecule has 0 atom stereocenters. The number of aryl methyl sites for hydroxylation is 1. The maximum atomic E-state index is 12.1. The number of nitrogens with two attached hydrogens (primary N) is 1. The number of imidazole rings is 1. The molecule has 0 amide bonds. The predicted octanol–water partition coefficient (Wildman–Crippen LogP) is 1.24. The normalized spacial score (nSPS) is 11.7. The lowest BCUT2D eigenvalue weighted by Crippen LogP contribution is -2.24. The summed E-state index contributed by atoms with van der Waals surface area (Å²) in [4.78, 5) is 4.18. The molecule has 0 saturated carbocycles. The van der Waals surface area contributed by atoms with E-state index in [9.17, 15) is 8.42 Å². The van der Waals surface area contributed by atoms with Crippen molar-refractivity contribution in [2.45, 2.75) is 11.4 Å². The molecule has 1 aromatic carbocycles. The van der Waals surface area contributed by atoms with Crippen LogP contribution in [0.4, 0.5) is 5.69 Å². The fraction of sp³-hybridized carbons (Fsp3) is 0.182. The maximum Gasteiger partial charge on any atom is 0.241 e. The van der Waals surface area contributed by atoms with Crippen LogP contribution in [0.1, 0.15) is 5.82 Å². The number of halogens is 1. The lowest BCUT2D eigenvalue weighted by Gasteiger charge is -2.08. The van der Waals surface area contributed by atoms with Gasteiger partial charge >= 0.3 is 0 Å². The number of anilines is 1. The molecule has 0 unspecified atom stereocenters. The molecule has 0 aliphatic heterocycles. The SMILES string of the molecule is Cn1ccnc1CNS(=O)(=O)c1ccc(Br)c(N)c1. The smallest absolute Gasteiger partial charge is 0.241 e. The van der Waals surface area contributed by atoms with Crippen LogP contribution in [0.25, 0.3) is 0 Å². The van der Waals surface area contributed by atoms with Crippen LogP contribution in [0.15, 0.2) is 40.0 Å². The van der Waals surface area contributed by atoms with Gasteiger partial charge in [-0.15, -0.1) is 0 Å². The molecule has 102 valence electrons. The second-order valence-electron chi connectivity index (χ2n) is 3.96. The Kier molecular flexibility index (Phi) is 3.93. The van der Waals surface area contributed by atoms with Gasteiger partial charge in [0, 0.05) is 29.6 Å². The molecular formula is C11H13BrN4O2S. The third-order valence-electron chi connectivity index (χ3n) is 2.62. The number of hydrogen-bond acceptors (Lipinski definition) is 4. The molecule has 1 heterocycles. The molecule has 8 heteroatoms. The summed E-state index contributed by atoms with van der Waals surface area (Å²) in [5.41, 5.74) is 6.05. The van der Waals surface area contributed by atoms with Crippen molar-refractivity contribution in [3.05, 3.63) is 40.9 Å². The Morgan fingerprint density at radius 2 is 2.21 bits per heavy atom. The highest BCUT2D eigenvalue weighted by Crippen LogP contribution is 2.22. The lowest BCUT2D eigenvalue weighted by atomic mass is 10.3. The summed E-state index contributed by atoms with van der Waals surface area (Å²) >= 11 is 3.22. The lowest BCUT2D eigenvalue weighted by molar-refractivity contribution is 0.577. The van der Waals surface area contributed by atoms with E-state index < -0.39 is 10.0 Å². The summed E-state index contributed by atoms with van der Waals surface area (Å²) in [5, 5.41) is 0. The van der Waals surface area contributed by atoms with E-state index in [0.29, 0.717) is 16.0 Å². The topological polar surface area (TPSA) is 90.0 Å². The molecule has 0 radical (unpaired) electrons. The van der Waals surface area contributed by atoms with E-state index in [1.807, 2.05) is 0 Å². The second kappa shape index (κ2) is 5.32. The highest BCUT2D eigenvalue weighted by atomic mass is 79.9. The van der Waals surface area contributed by atoms with Crippen molar-refractivity contribution in [3.63, 3.8) is 0 Å². The maximum absolute atomic E-state index is 12.1. The van der Waals surface area contributed by atoms with E-state index in [-0.39, 0.29) is 11.4 Å². The van der Waals surface area contributed by atoms with Gasteiger partial charge in [-0.05, 0) is 34.1 Å². The van der Waals surface area contributed by atoms with E-state index in [0.717, 1.165) is 0 Å². The number of nitrogen functional groups attached to an aromatic ring is 1. The van der Waals surface area contributed by atoms with Gasteiger partial charge in [-0.3, -0.25) is 0 Å². The van der Waals surface area contributed by atoms with Crippen molar-refractivity contribution >= 4 is 31.6 Å². The molecule has 2 rings (SSSR count). The van der Waals surface area contributed by atoms with Crippen molar-refractivity contribution in [2.75, 3.05) is 5.73 Å². The third-order valence-corrected chi connectivity index (χ3v) is 4.74. The van der Waals surface area contributed by atoms with Crippen LogP contribution in [-0.4, -0.2) is 18.0 Å². The van der Waals surface area contributed by atoms with Crippen molar-refractivity contribution in [3.8, 4) is 0 Å². The molecule has 3 N–H and O–H groups in total. The highest BCUT2D eigenvalue weighted by molar-refractivity contribution is 9.10. The molecule has 0 saturated heterocycles. The number of benzene rings is 1. The summed E-state index contributed by atoms with van der Waals surface area (Å²) in [7, 11) is -1.80. The summed E-state index contributed by atoms with van der Waals surface area (Å²) in [5.74, 6) is 0.633. The van der Waals surface area contributed by atoms with Crippen LogP contribution in [-0.2, 0) is 23.6 Å². The van der Waals surface area contributed by atoms with Crippen LogP contribution >= 0.6 is 15.9 Å². The number of aromatic nitrogens is 2. The van der Waals surface area contributed by atoms with E-state index >= 15 is 0 Å². The van der Waals surface area contributed by atoms with E-state index in [1.54, 1.807) is 30.1 Å². The van der Waals surface area contributed by atoms with Crippen LogP contribution in [0, 0.1) is 0 Å². The molecular weight excluding hydrogens is 332 g/mol. The Morgan fingerprint density at radius 3 is 2.79 bits per heavy atom. The molecule has 0 bridgehead atoms. The Balaban J connectivity index is 2.18. The zero-order chi connectivity index (χ0) is 14.0. The van der Waals surface area contributed by atoms with Gasteiger partial charge in [0.1, 0.15) is 5.82 Å². The number of sulfonamides is 1. The second-order valence-corrected chi connectivity index (χ2v) is 6.58. The van der Waals surface area contributed by atoms with E-state index in [2.05, 4.69) is 25.6 Å². The minimum atomic E-state index is -3.60. The first-order chi connectivity index (χ1) is 8.90. The first-order valence-corrected chi connectivity index (χ1v) is 7.68. The van der Waals surface area contributed by atoms with Gasteiger partial charge in [0.05, 0.1) is 11.4 Å². The number of nitrogens with zero attached hydrogens (tertiary/aromatic N) is 2. The summed E-state index contributed by atoms with van der Waals surface area (Å²) < 4.78 is 29.1. The Morgan fingerprint density at radius 1 is 1.47 bits per heavy atom. The Labute approximate surface area is 119 Å². The van der Waals surface area contributed by atoms with Crippen LogP contribution in [0.2, 0.25) is 0 Å². The van der Waals surface area contributed by atoms with Gasteiger partial charge in [0.2, 0.25) is 10.0 Å². The summed E-state index contributed by atoms with van der Waals surface area (Å²) in [6.45, 7) is 0.127. The highest BCUT2D eigenvalue weighted by Gasteiger charge is 2.15. The largest absolute Gasteiger partial charge is 0.398 e. The van der Waals surface area contributed by atoms with Gasteiger partial charge in [-0.2, -0.15) is 0 Å². The average Bonchev–Trinajstić information content (AvgIpc) is 2.76. The fourth-order valence-corrected chi connectivity index (χ4v) is 2.76. The van der Waals surface area contributed by atoms with Crippen LogP contribution < -0.4 is 10.5 Å². The standard InChI is InChI=1S/C11H13BrN4O2S/c1-16-5-4-14-11(16)7-15-19(17,18)8-2-3-9(12)10(13)6-8/h2-6,15H,7,13H2,1H3. The first kappa shape index (κ1) is 14.0. The third kappa shape index (κ3) is 3.14. The molecule has 0 aliphatic carbocycles. The zero-order valence-corrected chi connectivity index (χ0v) is 12.6. The van der Waals surface area contributed by atoms with Crippen molar-refractivity contribution in [1.82, 2.24) is 14.3 Å². The number of rotatable bonds is 4. The minimum Gasteiger partial charge on any atom is -0.398 e. The van der Waals surface area contributed by atoms with Gasteiger partial charge in [0.15, 0.2) is 0 Å². The predicted molar refractivity (Wildman–Crippen MR) is 75.8 cm³/mol. The Hall–Kier alpha value is -1.38. The average molecular weight is 345 g/mol. The van der Waals surface area contributed by atoms with Crippen molar-refractivity contribution in [1.29, 1.82) is 0 Å². The van der Waals surface area contributed by atoms with Gasteiger partial charge in [0.25, 0.3) is 0 Å². The molecule has 0 spiro atoms. The molecule has 19 heavy (non-hydrogen) atoms. The molecule has 0 fully saturated rings. The Bertz CT molecular complexity index is 696. The fourth-order valence-electron chi connectivity index (χ4n) is 1.50. The quantitative estimate of drug-likeness (QED) is 0.816. The summed E-state index contributed by atoms with van der Waals surface area (Å²) in [6.07, 6.45) is 3.36. The first-order valence-electron chi connectivity index (χ1n) is 5.41. The van der Waals surface area contributed by atoms with E-state index in [4.69, 9.17) is 5.73 Å². The van der Waals surface area contributed by atoms with Crippen LogP contribution in [0.3, 0.4) is 0 Å². The van der Waals surface area contributed by atoms with Gasteiger partial charge in [-0.1, -0.05) is 0 Å². The molecule has 1 aromatic heterocycles. The van der Waals surface area contributed by atoms with Gasteiger partial charge in [-0.25, -0.2) is 18.1 Å². The van der Waals surface area contributed by atoms with E-state index in [1.165, 1.54) is 12.1 Å². The number of nitrogens with one attached hydrogen (secondary N) is 1. The monoisotopic (exact) mass is 344 g/mol. The van der Waals surface area contributed by atoms with Gasteiger partial charge < -0.3 is 10.3 Å². The van der Waals surface area contributed by atoms with Crippen molar-refractivity contribution < 1.29 is 8.42 Å². The molecule has 2 aromatic rings. The molecule has 6 nitrogen and oxygen atoms in total. The molecule has 0 aliphatic rings. The van der Waals surface area contributed by atoms with Crippen LogP contribution in [0.5, 0.6) is 0 Å². The summed E-state index contributed by atoms with van der Waals surface area (Å²) in [6, 6.07) is 4.50. The minimum absolute atomic E-state index is 0.127. The van der Waals surface area contributed by atoms with Crippen molar-refractivity contribution in [2.24, 2.45) is 7.05 Å².